The molecule has 0 spiro atoms. The lowest BCUT2D eigenvalue weighted by Gasteiger charge is -2.14. The molecule has 0 aliphatic heterocycles. The Bertz CT molecular complexity index is 718. The van der Waals surface area contributed by atoms with Gasteiger partial charge in [0.2, 0.25) is 0 Å². The van der Waals surface area contributed by atoms with Crippen molar-refractivity contribution in [2.75, 3.05) is 0 Å². The van der Waals surface area contributed by atoms with E-state index in [1.807, 2.05) is 19.2 Å². The van der Waals surface area contributed by atoms with Crippen molar-refractivity contribution in [3.63, 3.8) is 0 Å². The average Bonchev–Trinajstić information content (AvgIpc) is 2.92. The monoisotopic (exact) mass is 268 g/mol. The van der Waals surface area contributed by atoms with Crippen molar-refractivity contribution in [1.29, 1.82) is 0 Å². The van der Waals surface area contributed by atoms with Crippen LogP contribution in [0.2, 0.25) is 0 Å². The first-order chi connectivity index (χ1) is 9.72. The summed E-state index contributed by atoms with van der Waals surface area (Å²) in [5, 5.41) is 4.63. The number of H-pyrrole nitrogens is 1. The summed E-state index contributed by atoms with van der Waals surface area (Å²) >= 11 is 0. The second-order valence-electron chi connectivity index (χ2n) is 5.06. The topological polar surface area (TPSA) is 27.8 Å². The van der Waals surface area contributed by atoms with Crippen LogP contribution in [0.5, 0.6) is 0 Å². The van der Waals surface area contributed by atoms with Crippen LogP contribution in [-0.4, -0.2) is 4.98 Å². The standard InChI is InChI=1S/C17H17FN2/c1-12(14-3-2-4-16(18)10-14)20-11-13-5-6-17-15(9-13)7-8-19-17/h2-10,12,19-20H,11H2,1H3/t12-/m0/s1. The molecule has 0 amide bonds. The fourth-order valence-electron chi connectivity index (χ4n) is 2.38. The van der Waals surface area contributed by atoms with E-state index in [9.17, 15) is 4.39 Å². The Morgan fingerprint density at radius 3 is 2.90 bits per heavy atom. The molecule has 0 bridgehead atoms. The van der Waals surface area contributed by atoms with E-state index < -0.39 is 0 Å². The lowest BCUT2D eigenvalue weighted by molar-refractivity contribution is 0.565. The molecule has 0 radical (unpaired) electrons. The molecule has 3 heteroatoms. The minimum absolute atomic E-state index is 0.118. The van der Waals surface area contributed by atoms with Gasteiger partial charge in [-0.25, -0.2) is 4.39 Å². The Hall–Kier alpha value is -2.13. The van der Waals surface area contributed by atoms with Crippen LogP contribution in [0.3, 0.4) is 0 Å². The molecule has 1 aromatic heterocycles. The Kier molecular flexibility index (Phi) is 3.52. The molecule has 1 heterocycles. The molecule has 3 aromatic rings. The van der Waals surface area contributed by atoms with Crippen LogP contribution in [0.4, 0.5) is 4.39 Å². The van der Waals surface area contributed by atoms with Gasteiger partial charge >= 0.3 is 0 Å². The zero-order valence-electron chi connectivity index (χ0n) is 11.4. The second-order valence-corrected chi connectivity index (χ2v) is 5.06. The fourth-order valence-corrected chi connectivity index (χ4v) is 2.38. The average molecular weight is 268 g/mol. The van der Waals surface area contributed by atoms with Gasteiger partial charge in [-0.2, -0.15) is 0 Å². The van der Waals surface area contributed by atoms with Gasteiger partial charge in [0.15, 0.2) is 0 Å². The van der Waals surface area contributed by atoms with Gasteiger partial charge in [-0.05, 0) is 53.8 Å². The highest BCUT2D eigenvalue weighted by molar-refractivity contribution is 5.79. The maximum atomic E-state index is 13.2. The number of halogens is 1. The van der Waals surface area contributed by atoms with E-state index in [0.29, 0.717) is 0 Å². The molecular weight excluding hydrogens is 251 g/mol. The van der Waals surface area contributed by atoms with E-state index in [2.05, 4.69) is 34.6 Å². The van der Waals surface area contributed by atoms with E-state index in [1.165, 1.54) is 17.0 Å². The quantitative estimate of drug-likeness (QED) is 0.730. The number of nitrogens with one attached hydrogen (secondary N) is 2. The Morgan fingerprint density at radius 2 is 2.05 bits per heavy atom. The molecule has 20 heavy (non-hydrogen) atoms. The van der Waals surface area contributed by atoms with Crippen LogP contribution < -0.4 is 5.32 Å². The second kappa shape index (κ2) is 5.47. The molecule has 0 fully saturated rings. The van der Waals surface area contributed by atoms with Gasteiger partial charge in [0.25, 0.3) is 0 Å². The first kappa shape index (κ1) is 12.9. The summed E-state index contributed by atoms with van der Waals surface area (Å²) in [4.78, 5) is 3.18. The summed E-state index contributed by atoms with van der Waals surface area (Å²) in [7, 11) is 0. The van der Waals surface area contributed by atoms with E-state index in [1.54, 1.807) is 12.1 Å². The molecule has 102 valence electrons. The highest BCUT2D eigenvalue weighted by Gasteiger charge is 2.06. The van der Waals surface area contributed by atoms with Crippen LogP contribution in [0.25, 0.3) is 10.9 Å². The number of aromatic nitrogens is 1. The van der Waals surface area contributed by atoms with Crippen LogP contribution in [0.15, 0.2) is 54.7 Å². The molecule has 0 aliphatic carbocycles. The van der Waals surface area contributed by atoms with E-state index in [0.717, 1.165) is 17.6 Å². The van der Waals surface area contributed by atoms with Gasteiger partial charge in [0.05, 0.1) is 0 Å². The first-order valence-electron chi connectivity index (χ1n) is 6.77. The summed E-state index contributed by atoms with van der Waals surface area (Å²) < 4.78 is 13.2. The fraction of sp³-hybridized carbons (Fsp3) is 0.176. The highest BCUT2D eigenvalue weighted by atomic mass is 19.1. The van der Waals surface area contributed by atoms with Crippen molar-refractivity contribution in [1.82, 2.24) is 10.3 Å². The van der Waals surface area contributed by atoms with E-state index in [-0.39, 0.29) is 11.9 Å². The van der Waals surface area contributed by atoms with Gasteiger partial charge < -0.3 is 10.3 Å². The first-order valence-corrected chi connectivity index (χ1v) is 6.77. The van der Waals surface area contributed by atoms with Crippen LogP contribution in [-0.2, 0) is 6.54 Å². The number of hydrogen-bond donors (Lipinski definition) is 2. The third kappa shape index (κ3) is 2.73. The highest BCUT2D eigenvalue weighted by Crippen LogP contribution is 2.17. The third-order valence-corrected chi connectivity index (χ3v) is 3.58. The van der Waals surface area contributed by atoms with Crippen LogP contribution >= 0.6 is 0 Å². The maximum Gasteiger partial charge on any atom is 0.123 e. The number of benzene rings is 2. The van der Waals surface area contributed by atoms with Crippen molar-refractivity contribution in [3.05, 3.63) is 71.7 Å². The van der Waals surface area contributed by atoms with E-state index in [4.69, 9.17) is 0 Å². The summed E-state index contributed by atoms with van der Waals surface area (Å²) in [5.74, 6) is -0.190. The molecule has 1 atom stereocenters. The van der Waals surface area contributed by atoms with E-state index >= 15 is 0 Å². The van der Waals surface area contributed by atoms with Gasteiger partial charge in [0, 0.05) is 24.3 Å². The molecule has 2 nitrogen and oxygen atoms in total. The molecule has 2 N–H and O–H groups in total. The normalized spacial score (nSPS) is 12.7. The summed E-state index contributed by atoms with van der Waals surface area (Å²) in [6, 6.07) is 15.3. The molecule has 3 rings (SSSR count). The van der Waals surface area contributed by atoms with Crippen molar-refractivity contribution in [2.45, 2.75) is 19.5 Å². The molecule has 0 saturated carbocycles. The Labute approximate surface area is 117 Å². The number of fused-ring (bicyclic) bond motifs is 1. The van der Waals surface area contributed by atoms with Gasteiger partial charge in [-0.3, -0.25) is 0 Å². The SMILES string of the molecule is C[C@H](NCc1ccc2[nH]ccc2c1)c1cccc(F)c1. The Morgan fingerprint density at radius 1 is 1.15 bits per heavy atom. The lowest BCUT2D eigenvalue weighted by Crippen LogP contribution is -2.18. The van der Waals surface area contributed by atoms with Crippen molar-refractivity contribution in [3.8, 4) is 0 Å². The van der Waals surface area contributed by atoms with Gasteiger partial charge in [-0.1, -0.05) is 18.2 Å². The van der Waals surface area contributed by atoms with Crippen molar-refractivity contribution >= 4 is 10.9 Å². The largest absolute Gasteiger partial charge is 0.361 e. The van der Waals surface area contributed by atoms with Gasteiger partial charge in [0.1, 0.15) is 5.82 Å². The predicted octanol–water partition coefficient (Wildman–Crippen LogP) is 4.16. The summed E-state index contributed by atoms with van der Waals surface area (Å²) in [6.45, 7) is 2.81. The number of rotatable bonds is 4. The number of aromatic amines is 1. The third-order valence-electron chi connectivity index (χ3n) is 3.58. The smallest absolute Gasteiger partial charge is 0.123 e. The summed E-state index contributed by atoms with van der Waals surface area (Å²) in [6.07, 6.45) is 1.94. The maximum absolute atomic E-state index is 13.2. The van der Waals surface area contributed by atoms with Crippen LogP contribution in [0.1, 0.15) is 24.1 Å². The molecule has 0 aliphatic rings. The molecule has 0 unspecified atom stereocenters. The van der Waals surface area contributed by atoms with Crippen molar-refractivity contribution < 1.29 is 4.39 Å². The molecule has 0 saturated heterocycles. The zero-order chi connectivity index (χ0) is 13.9. The molecule has 2 aromatic carbocycles. The summed E-state index contributed by atoms with van der Waals surface area (Å²) in [5.41, 5.74) is 3.33. The lowest BCUT2D eigenvalue weighted by atomic mass is 10.1. The van der Waals surface area contributed by atoms with Gasteiger partial charge in [-0.15, -0.1) is 0 Å². The minimum atomic E-state index is -0.190. The predicted molar refractivity (Wildman–Crippen MR) is 80.0 cm³/mol. The Balaban J connectivity index is 1.69. The van der Waals surface area contributed by atoms with Crippen LogP contribution in [0, 0.1) is 5.82 Å². The zero-order valence-corrected chi connectivity index (χ0v) is 11.4. The molecular formula is C17H17FN2. The minimum Gasteiger partial charge on any atom is -0.361 e. The van der Waals surface area contributed by atoms with Crippen molar-refractivity contribution in [2.24, 2.45) is 0 Å². The number of hydrogen-bond acceptors (Lipinski definition) is 1.